The SMILES string of the molecule is CNc1cccc(O)c1-c1ccccc1. The van der Waals surface area contributed by atoms with Crippen molar-refractivity contribution in [2.24, 2.45) is 0 Å². The predicted octanol–water partition coefficient (Wildman–Crippen LogP) is 3.10. The minimum atomic E-state index is 0.299. The van der Waals surface area contributed by atoms with Gasteiger partial charge in [-0.2, -0.15) is 0 Å². The summed E-state index contributed by atoms with van der Waals surface area (Å²) in [6, 6.07) is 15.3. The maximum atomic E-state index is 9.84. The molecule has 0 heterocycles. The largest absolute Gasteiger partial charge is 0.507 e. The molecule has 0 spiro atoms. The van der Waals surface area contributed by atoms with Crippen LogP contribution in [0.5, 0.6) is 5.75 Å². The molecule has 0 amide bonds. The maximum Gasteiger partial charge on any atom is 0.125 e. The summed E-state index contributed by atoms with van der Waals surface area (Å²) in [7, 11) is 1.85. The lowest BCUT2D eigenvalue weighted by Gasteiger charge is -2.10. The van der Waals surface area contributed by atoms with Crippen molar-refractivity contribution in [3.05, 3.63) is 48.5 Å². The van der Waals surface area contributed by atoms with Crippen LogP contribution in [0.1, 0.15) is 0 Å². The summed E-state index contributed by atoms with van der Waals surface area (Å²) in [4.78, 5) is 0. The summed E-state index contributed by atoms with van der Waals surface area (Å²) in [6.45, 7) is 0. The fourth-order valence-corrected chi connectivity index (χ4v) is 1.66. The van der Waals surface area contributed by atoms with Crippen molar-refractivity contribution in [3.63, 3.8) is 0 Å². The number of hydrogen-bond acceptors (Lipinski definition) is 2. The van der Waals surface area contributed by atoms with E-state index in [1.165, 1.54) is 0 Å². The fourth-order valence-electron chi connectivity index (χ4n) is 1.66. The first-order valence-corrected chi connectivity index (χ1v) is 4.88. The molecule has 2 aromatic rings. The monoisotopic (exact) mass is 199 g/mol. The molecule has 76 valence electrons. The second-order valence-electron chi connectivity index (χ2n) is 3.32. The topological polar surface area (TPSA) is 32.3 Å². The molecular formula is C13H13NO. The Morgan fingerprint density at radius 1 is 0.933 bits per heavy atom. The second kappa shape index (κ2) is 4.05. The highest BCUT2D eigenvalue weighted by molar-refractivity contribution is 5.82. The van der Waals surface area contributed by atoms with Gasteiger partial charge in [-0.1, -0.05) is 36.4 Å². The van der Waals surface area contributed by atoms with Gasteiger partial charge in [0.05, 0.1) is 0 Å². The van der Waals surface area contributed by atoms with E-state index in [-0.39, 0.29) is 0 Å². The summed E-state index contributed by atoms with van der Waals surface area (Å²) in [5, 5.41) is 12.9. The van der Waals surface area contributed by atoms with E-state index in [0.717, 1.165) is 16.8 Å². The molecule has 2 nitrogen and oxygen atoms in total. The van der Waals surface area contributed by atoms with Gasteiger partial charge in [0.15, 0.2) is 0 Å². The van der Waals surface area contributed by atoms with Crippen LogP contribution >= 0.6 is 0 Å². The van der Waals surface area contributed by atoms with Gasteiger partial charge in [-0.25, -0.2) is 0 Å². The van der Waals surface area contributed by atoms with Crippen LogP contribution in [-0.2, 0) is 0 Å². The fraction of sp³-hybridized carbons (Fsp3) is 0.0769. The van der Waals surface area contributed by atoms with Crippen LogP contribution in [0.4, 0.5) is 5.69 Å². The molecule has 2 heteroatoms. The maximum absolute atomic E-state index is 9.84. The van der Waals surface area contributed by atoms with Crippen molar-refractivity contribution >= 4 is 5.69 Å². The number of hydrogen-bond donors (Lipinski definition) is 2. The molecule has 0 saturated heterocycles. The second-order valence-corrected chi connectivity index (χ2v) is 3.32. The average Bonchev–Trinajstić information content (AvgIpc) is 2.29. The van der Waals surface area contributed by atoms with Gasteiger partial charge in [0.1, 0.15) is 5.75 Å². The third kappa shape index (κ3) is 1.79. The smallest absolute Gasteiger partial charge is 0.125 e. The van der Waals surface area contributed by atoms with Gasteiger partial charge < -0.3 is 10.4 Å². The van der Waals surface area contributed by atoms with Gasteiger partial charge >= 0.3 is 0 Å². The number of phenolic OH excluding ortho intramolecular Hbond substituents is 1. The van der Waals surface area contributed by atoms with Gasteiger partial charge in [-0.3, -0.25) is 0 Å². The molecule has 0 aromatic heterocycles. The quantitative estimate of drug-likeness (QED) is 0.779. The summed E-state index contributed by atoms with van der Waals surface area (Å²) >= 11 is 0. The molecule has 0 aliphatic rings. The van der Waals surface area contributed by atoms with Gasteiger partial charge in [0, 0.05) is 18.3 Å². The molecule has 0 unspecified atom stereocenters. The van der Waals surface area contributed by atoms with E-state index in [9.17, 15) is 5.11 Å². The van der Waals surface area contributed by atoms with Crippen molar-refractivity contribution in [2.45, 2.75) is 0 Å². The van der Waals surface area contributed by atoms with Crippen LogP contribution in [0.2, 0.25) is 0 Å². The van der Waals surface area contributed by atoms with Crippen molar-refractivity contribution in [2.75, 3.05) is 12.4 Å². The summed E-state index contributed by atoms with van der Waals surface area (Å²) in [6.07, 6.45) is 0. The molecular weight excluding hydrogens is 186 g/mol. The zero-order valence-electron chi connectivity index (χ0n) is 8.57. The summed E-state index contributed by atoms with van der Waals surface area (Å²) in [5.41, 5.74) is 2.79. The molecule has 2 rings (SSSR count). The predicted molar refractivity (Wildman–Crippen MR) is 63.1 cm³/mol. The van der Waals surface area contributed by atoms with E-state index >= 15 is 0 Å². The molecule has 15 heavy (non-hydrogen) atoms. The molecule has 0 aliphatic carbocycles. The standard InChI is InChI=1S/C13H13NO/c1-14-11-8-5-9-12(15)13(11)10-6-3-2-4-7-10/h2-9,14-15H,1H3. The van der Waals surface area contributed by atoms with Crippen molar-refractivity contribution in [3.8, 4) is 16.9 Å². The first-order chi connectivity index (χ1) is 7.33. The molecule has 0 radical (unpaired) electrons. The van der Waals surface area contributed by atoms with Crippen LogP contribution in [0, 0.1) is 0 Å². The number of rotatable bonds is 2. The Balaban J connectivity index is 2.61. The Morgan fingerprint density at radius 3 is 2.33 bits per heavy atom. The van der Waals surface area contributed by atoms with Crippen LogP contribution in [-0.4, -0.2) is 12.2 Å². The molecule has 0 bridgehead atoms. The average molecular weight is 199 g/mol. The number of phenols is 1. The third-order valence-corrected chi connectivity index (χ3v) is 2.37. The van der Waals surface area contributed by atoms with E-state index in [0.29, 0.717) is 5.75 Å². The van der Waals surface area contributed by atoms with Crippen LogP contribution in [0.15, 0.2) is 48.5 Å². The summed E-state index contributed by atoms with van der Waals surface area (Å²) < 4.78 is 0. The highest BCUT2D eigenvalue weighted by atomic mass is 16.3. The third-order valence-electron chi connectivity index (χ3n) is 2.37. The minimum absolute atomic E-state index is 0.299. The molecule has 0 atom stereocenters. The van der Waals surface area contributed by atoms with E-state index < -0.39 is 0 Å². The van der Waals surface area contributed by atoms with E-state index in [2.05, 4.69) is 5.32 Å². The lowest BCUT2D eigenvalue weighted by molar-refractivity contribution is 0.477. The van der Waals surface area contributed by atoms with Crippen molar-refractivity contribution in [1.29, 1.82) is 0 Å². The Bertz CT molecular complexity index is 451. The normalized spacial score (nSPS) is 9.93. The highest BCUT2D eigenvalue weighted by Crippen LogP contribution is 2.35. The molecule has 0 aliphatic heterocycles. The Labute approximate surface area is 89.2 Å². The first-order valence-electron chi connectivity index (χ1n) is 4.88. The van der Waals surface area contributed by atoms with Crippen molar-refractivity contribution < 1.29 is 5.11 Å². The van der Waals surface area contributed by atoms with Crippen LogP contribution in [0.3, 0.4) is 0 Å². The number of benzene rings is 2. The van der Waals surface area contributed by atoms with Gasteiger partial charge in [0.2, 0.25) is 0 Å². The van der Waals surface area contributed by atoms with Crippen LogP contribution < -0.4 is 5.32 Å². The molecule has 2 N–H and O–H groups in total. The lowest BCUT2D eigenvalue weighted by atomic mass is 10.0. The van der Waals surface area contributed by atoms with Crippen molar-refractivity contribution in [1.82, 2.24) is 0 Å². The summed E-state index contributed by atoms with van der Waals surface area (Å²) in [5.74, 6) is 0.299. The van der Waals surface area contributed by atoms with E-state index in [4.69, 9.17) is 0 Å². The van der Waals surface area contributed by atoms with Gasteiger partial charge in [0.25, 0.3) is 0 Å². The zero-order valence-corrected chi connectivity index (χ0v) is 8.57. The lowest BCUT2D eigenvalue weighted by Crippen LogP contribution is -1.91. The molecule has 0 saturated carbocycles. The Morgan fingerprint density at radius 2 is 1.67 bits per heavy atom. The van der Waals surface area contributed by atoms with Gasteiger partial charge in [-0.15, -0.1) is 0 Å². The van der Waals surface area contributed by atoms with Crippen LogP contribution in [0.25, 0.3) is 11.1 Å². The Hall–Kier alpha value is -1.96. The van der Waals surface area contributed by atoms with E-state index in [1.54, 1.807) is 6.07 Å². The van der Waals surface area contributed by atoms with E-state index in [1.807, 2.05) is 49.5 Å². The highest BCUT2D eigenvalue weighted by Gasteiger charge is 2.07. The number of nitrogens with one attached hydrogen (secondary N) is 1. The Kier molecular flexibility index (Phi) is 2.59. The van der Waals surface area contributed by atoms with Gasteiger partial charge in [-0.05, 0) is 17.7 Å². The first kappa shape index (κ1) is 9.59. The number of anilines is 1. The molecule has 2 aromatic carbocycles. The minimum Gasteiger partial charge on any atom is -0.507 e. The number of aromatic hydroxyl groups is 1. The molecule has 0 fully saturated rings. The zero-order chi connectivity index (χ0) is 10.7.